The van der Waals surface area contributed by atoms with Gasteiger partial charge in [0, 0.05) is 52.2 Å². The monoisotopic (exact) mass is 406 g/mol. The van der Waals surface area contributed by atoms with Crippen molar-refractivity contribution in [3.8, 4) is 0 Å². The molecule has 0 aromatic heterocycles. The van der Waals surface area contributed by atoms with Crippen LogP contribution in [-0.2, 0) is 24.3 Å². The fraction of sp³-hybridized carbons (Fsp3) is 0.480. The number of fused-ring (bicyclic) bond motifs is 1. The normalized spacial score (nSPS) is 19.7. The second-order valence-electron chi connectivity index (χ2n) is 8.37. The van der Waals surface area contributed by atoms with E-state index in [1.165, 1.54) is 23.1 Å². The van der Waals surface area contributed by atoms with Gasteiger partial charge in [0.2, 0.25) is 0 Å². The van der Waals surface area contributed by atoms with Crippen LogP contribution in [0.25, 0.3) is 0 Å². The van der Waals surface area contributed by atoms with Crippen LogP contribution < -0.4 is 5.32 Å². The fourth-order valence-electron chi connectivity index (χ4n) is 4.48. The first-order valence-corrected chi connectivity index (χ1v) is 11.2. The summed E-state index contributed by atoms with van der Waals surface area (Å²) in [6, 6.07) is 19.2. The number of hydrogen-bond donors (Lipinski definition) is 1. The lowest BCUT2D eigenvalue weighted by atomic mass is 10.00. The van der Waals surface area contributed by atoms with Gasteiger partial charge < -0.3 is 15.0 Å². The predicted octanol–water partition coefficient (Wildman–Crippen LogP) is 3.16. The van der Waals surface area contributed by atoms with Crippen molar-refractivity contribution in [2.45, 2.75) is 26.0 Å². The SMILES string of the molecule is CN=C(NCCN1CCc2ccccc2C1)N1CCC(COCc2ccccc2)C1. The van der Waals surface area contributed by atoms with Gasteiger partial charge in [-0.3, -0.25) is 9.89 Å². The number of nitrogens with zero attached hydrogens (tertiary/aromatic N) is 3. The molecule has 0 radical (unpaired) electrons. The van der Waals surface area contributed by atoms with Gasteiger partial charge in [0.15, 0.2) is 5.96 Å². The number of likely N-dealkylation sites (tertiary alicyclic amines) is 1. The molecule has 0 spiro atoms. The van der Waals surface area contributed by atoms with Gasteiger partial charge in [0.25, 0.3) is 0 Å². The average molecular weight is 407 g/mol. The summed E-state index contributed by atoms with van der Waals surface area (Å²) in [5, 5.41) is 3.58. The Kier molecular flexibility index (Phi) is 7.38. The zero-order valence-corrected chi connectivity index (χ0v) is 18.1. The lowest BCUT2D eigenvalue weighted by Gasteiger charge is -2.29. The first-order valence-electron chi connectivity index (χ1n) is 11.2. The van der Waals surface area contributed by atoms with Crippen LogP contribution in [-0.4, -0.2) is 62.1 Å². The molecular weight excluding hydrogens is 372 g/mol. The molecular formula is C25H34N4O. The van der Waals surface area contributed by atoms with E-state index in [-0.39, 0.29) is 0 Å². The van der Waals surface area contributed by atoms with E-state index >= 15 is 0 Å². The smallest absolute Gasteiger partial charge is 0.193 e. The van der Waals surface area contributed by atoms with Crippen molar-refractivity contribution < 1.29 is 4.74 Å². The van der Waals surface area contributed by atoms with Crippen molar-refractivity contribution in [1.29, 1.82) is 0 Å². The quantitative estimate of drug-likeness (QED) is 0.566. The molecule has 5 heteroatoms. The molecule has 2 aromatic rings. The maximum atomic E-state index is 5.96. The Morgan fingerprint density at radius 3 is 2.70 bits per heavy atom. The van der Waals surface area contributed by atoms with E-state index in [0.29, 0.717) is 12.5 Å². The number of guanidine groups is 1. The Hall–Kier alpha value is -2.37. The summed E-state index contributed by atoms with van der Waals surface area (Å²) in [6.07, 6.45) is 2.32. The van der Waals surface area contributed by atoms with E-state index in [1.807, 2.05) is 13.1 Å². The molecule has 1 fully saturated rings. The van der Waals surface area contributed by atoms with Gasteiger partial charge in [-0.2, -0.15) is 0 Å². The van der Waals surface area contributed by atoms with Crippen LogP contribution >= 0.6 is 0 Å². The largest absolute Gasteiger partial charge is 0.376 e. The maximum Gasteiger partial charge on any atom is 0.193 e. The highest BCUT2D eigenvalue weighted by Crippen LogP contribution is 2.19. The molecule has 0 bridgehead atoms. The molecule has 1 N–H and O–H groups in total. The minimum absolute atomic E-state index is 0.575. The van der Waals surface area contributed by atoms with Crippen LogP contribution in [0.2, 0.25) is 0 Å². The summed E-state index contributed by atoms with van der Waals surface area (Å²) < 4.78 is 5.96. The molecule has 1 saturated heterocycles. The van der Waals surface area contributed by atoms with Crippen LogP contribution in [0.4, 0.5) is 0 Å². The predicted molar refractivity (Wildman–Crippen MR) is 123 cm³/mol. The molecule has 2 aromatic carbocycles. The number of benzene rings is 2. The zero-order valence-electron chi connectivity index (χ0n) is 18.1. The van der Waals surface area contributed by atoms with Gasteiger partial charge in [-0.25, -0.2) is 0 Å². The Bertz CT molecular complexity index is 823. The standard InChI is InChI=1S/C25H34N4O/c1-26-25(27-13-16-28-14-12-23-9-5-6-10-24(23)18-28)29-15-11-22(17-29)20-30-19-21-7-3-2-4-8-21/h2-10,22H,11-20H2,1H3,(H,26,27). The molecule has 2 aliphatic rings. The highest BCUT2D eigenvalue weighted by Gasteiger charge is 2.25. The topological polar surface area (TPSA) is 40.1 Å². The number of nitrogens with one attached hydrogen (secondary N) is 1. The molecule has 0 amide bonds. The number of hydrogen-bond acceptors (Lipinski definition) is 3. The molecule has 1 atom stereocenters. The van der Waals surface area contributed by atoms with E-state index in [2.05, 4.69) is 68.6 Å². The van der Waals surface area contributed by atoms with Crippen LogP contribution in [0.1, 0.15) is 23.1 Å². The Morgan fingerprint density at radius 1 is 1.07 bits per heavy atom. The highest BCUT2D eigenvalue weighted by atomic mass is 16.5. The minimum Gasteiger partial charge on any atom is -0.376 e. The number of rotatable bonds is 7. The third kappa shape index (κ3) is 5.61. The summed E-state index contributed by atoms with van der Waals surface area (Å²) in [7, 11) is 1.89. The highest BCUT2D eigenvalue weighted by molar-refractivity contribution is 5.80. The maximum absolute atomic E-state index is 5.96. The fourth-order valence-corrected chi connectivity index (χ4v) is 4.48. The summed E-state index contributed by atoms with van der Waals surface area (Å²) in [6.45, 7) is 7.76. The Labute approximate surface area is 180 Å². The molecule has 0 saturated carbocycles. The Morgan fingerprint density at radius 2 is 1.87 bits per heavy atom. The first kappa shape index (κ1) is 20.9. The van der Waals surface area contributed by atoms with E-state index in [1.54, 1.807) is 0 Å². The van der Waals surface area contributed by atoms with Crippen molar-refractivity contribution in [3.63, 3.8) is 0 Å². The van der Waals surface area contributed by atoms with Crippen molar-refractivity contribution >= 4 is 5.96 Å². The molecule has 2 aliphatic heterocycles. The molecule has 5 nitrogen and oxygen atoms in total. The van der Waals surface area contributed by atoms with E-state index < -0.39 is 0 Å². The zero-order chi connectivity index (χ0) is 20.6. The second-order valence-corrected chi connectivity index (χ2v) is 8.37. The lowest BCUT2D eigenvalue weighted by Crippen LogP contribution is -2.44. The summed E-state index contributed by atoms with van der Waals surface area (Å²) in [5.41, 5.74) is 4.23. The van der Waals surface area contributed by atoms with Crippen LogP contribution in [0.5, 0.6) is 0 Å². The molecule has 0 aliphatic carbocycles. The van der Waals surface area contributed by atoms with E-state index in [9.17, 15) is 0 Å². The third-order valence-corrected chi connectivity index (χ3v) is 6.18. The van der Waals surface area contributed by atoms with Gasteiger partial charge in [0.05, 0.1) is 13.2 Å². The molecule has 1 unspecified atom stereocenters. The van der Waals surface area contributed by atoms with Gasteiger partial charge >= 0.3 is 0 Å². The van der Waals surface area contributed by atoms with Crippen molar-refractivity contribution in [2.75, 3.05) is 46.4 Å². The van der Waals surface area contributed by atoms with Crippen molar-refractivity contribution in [3.05, 3.63) is 71.3 Å². The summed E-state index contributed by atoms with van der Waals surface area (Å²) >= 11 is 0. The van der Waals surface area contributed by atoms with Gasteiger partial charge in [0.1, 0.15) is 0 Å². The first-order chi connectivity index (χ1) is 14.8. The van der Waals surface area contributed by atoms with Crippen LogP contribution in [0.15, 0.2) is 59.6 Å². The third-order valence-electron chi connectivity index (χ3n) is 6.18. The number of ether oxygens (including phenoxy) is 1. The summed E-state index contributed by atoms with van der Waals surface area (Å²) in [4.78, 5) is 9.43. The van der Waals surface area contributed by atoms with Crippen molar-refractivity contribution in [2.24, 2.45) is 10.9 Å². The average Bonchev–Trinajstić information content (AvgIpc) is 3.26. The van der Waals surface area contributed by atoms with E-state index in [4.69, 9.17) is 4.74 Å². The summed E-state index contributed by atoms with van der Waals surface area (Å²) in [5.74, 6) is 1.60. The molecule has 30 heavy (non-hydrogen) atoms. The minimum atomic E-state index is 0.575. The van der Waals surface area contributed by atoms with Crippen molar-refractivity contribution in [1.82, 2.24) is 15.1 Å². The van der Waals surface area contributed by atoms with Gasteiger partial charge in [-0.05, 0) is 29.5 Å². The Balaban J connectivity index is 1.16. The van der Waals surface area contributed by atoms with Gasteiger partial charge in [-0.15, -0.1) is 0 Å². The van der Waals surface area contributed by atoms with Crippen LogP contribution in [0.3, 0.4) is 0 Å². The van der Waals surface area contributed by atoms with E-state index in [0.717, 1.165) is 58.3 Å². The van der Waals surface area contributed by atoms with Crippen LogP contribution in [0, 0.1) is 5.92 Å². The molecule has 4 rings (SSSR count). The van der Waals surface area contributed by atoms with Gasteiger partial charge in [-0.1, -0.05) is 54.6 Å². The molecule has 2 heterocycles. The second kappa shape index (κ2) is 10.6. The lowest BCUT2D eigenvalue weighted by molar-refractivity contribution is 0.0906. The number of aliphatic imine (C=N–C) groups is 1. The molecule has 160 valence electrons.